The highest BCUT2D eigenvalue weighted by Crippen LogP contribution is 1.98. The van der Waals surface area contributed by atoms with Crippen molar-refractivity contribution in [2.24, 2.45) is 0 Å². The fraction of sp³-hybridized carbons (Fsp3) is 0.333. The summed E-state index contributed by atoms with van der Waals surface area (Å²) in [7, 11) is 1.53. The summed E-state index contributed by atoms with van der Waals surface area (Å²) in [5.74, 6) is -0.107. The lowest BCUT2D eigenvalue weighted by Crippen LogP contribution is -2.21. The van der Waals surface area contributed by atoms with Crippen molar-refractivity contribution in [2.45, 2.75) is 13.8 Å². The molecule has 2 rings (SSSR count). The second-order valence-corrected chi connectivity index (χ2v) is 2.40. The molecule has 1 amide bonds. The predicted molar refractivity (Wildman–Crippen MR) is 55.5 cm³/mol. The molecule has 0 atom stereocenters. The minimum Gasteiger partial charge on any atom is -0.352 e. The van der Waals surface area contributed by atoms with E-state index in [9.17, 15) is 4.79 Å². The molecule has 0 aliphatic heterocycles. The van der Waals surface area contributed by atoms with Crippen molar-refractivity contribution < 1.29 is 4.79 Å². The quantitative estimate of drug-likeness (QED) is 0.739. The van der Waals surface area contributed by atoms with Crippen molar-refractivity contribution in [3.8, 4) is 0 Å². The Balaban J connectivity index is 0.000000531. The number of amides is 1. The molecule has 0 saturated heterocycles. The van der Waals surface area contributed by atoms with Crippen LogP contribution in [0.25, 0.3) is 5.65 Å². The molecule has 0 aromatic carbocycles. The standard InChI is InChI=1S/C7H7N5O.C2H6/c1-8-7(13)6-11-10-5-3-2-4-9-12(5)6;1-2/h2-4H,1H3,(H,8,13);1-2H3. The average molecular weight is 207 g/mol. The van der Waals surface area contributed by atoms with Gasteiger partial charge in [-0.2, -0.15) is 9.61 Å². The summed E-state index contributed by atoms with van der Waals surface area (Å²) in [5, 5.41) is 13.9. The van der Waals surface area contributed by atoms with Gasteiger partial charge >= 0.3 is 0 Å². The molecule has 2 aromatic rings. The predicted octanol–water partition coefficient (Wildman–Crippen LogP) is 0.510. The van der Waals surface area contributed by atoms with Crippen LogP contribution in [0.15, 0.2) is 18.3 Å². The lowest BCUT2D eigenvalue weighted by Gasteiger charge is -1.94. The van der Waals surface area contributed by atoms with Gasteiger partial charge in [0.25, 0.3) is 5.91 Å². The van der Waals surface area contributed by atoms with Crippen LogP contribution in [0.1, 0.15) is 24.5 Å². The Kier molecular flexibility index (Phi) is 3.73. The number of carbonyl (C=O) groups is 1. The van der Waals surface area contributed by atoms with Crippen molar-refractivity contribution >= 4 is 11.6 Å². The Morgan fingerprint density at radius 3 is 2.80 bits per heavy atom. The summed E-state index contributed by atoms with van der Waals surface area (Å²) in [6, 6.07) is 3.46. The molecule has 2 heterocycles. The van der Waals surface area contributed by atoms with Gasteiger partial charge in [0.2, 0.25) is 5.82 Å². The summed E-state index contributed by atoms with van der Waals surface area (Å²) in [5.41, 5.74) is 0.557. The summed E-state index contributed by atoms with van der Waals surface area (Å²) >= 11 is 0. The molecule has 0 bridgehead atoms. The molecule has 6 nitrogen and oxygen atoms in total. The maximum atomic E-state index is 11.2. The molecule has 80 valence electrons. The maximum absolute atomic E-state index is 11.2. The molecule has 6 heteroatoms. The van der Waals surface area contributed by atoms with Gasteiger partial charge in [-0.1, -0.05) is 13.8 Å². The molecule has 2 aromatic heterocycles. The van der Waals surface area contributed by atoms with Crippen LogP contribution in [0, 0.1) is 0 Å². The van der Waals surface area contributed by atoms with E-state index in [4.69, 9.17) is 0 Å². The highest BCUT2D eigenvalue weighted by molar-refractivity contribution is 5.90. The second-order valence-electron chi connectivity index (χ2n) is 2.40. The van der Waals surface area contributed by atoms with Crippen LogP contribution >= 0.6 is 0 Å². The molecule has 0 aliphatic rings. The number of nitrogens with one attached hydrogen (secondary N) is 1. The first-order chi connectivity index (χ1) is 7.33. The first-order valence-corrected chi connectivity index (χ1v) is 4.71. The molecule has 0 fully saturated rings. The first-order valence-electron chi connectivity index (χ1n) is 4.71. The maximum Gasteiger partial charge on any atom is 0.290 e. The monoisotopic (exact) mass is 207 g/mol. The number of hydrogen-bond acceptors (Lipinski definition) is 4. The van der Waals surface area contributed by atoms with E-state index < -0.39 is 0 Å². The van der Waals surface area contributed by atoms with E-state index in [2.05, 4.69) is 20.6 Å². The van der Waals surface area contributed by atoms with E-state index in [1.54, 1.807) is 18.3 Å². The van der Waals surface area contributed by atoms with Crippen LogP contribution in [-0.2, 0) is 0 Å². The highest BCUT2D eigenvalue weighted by Gasteiger charge is 2.12. The van der Waals surface area contributed by atoms with E-state index in [0.717, 1.165) is 0 Å². The zero-order chi connectivity index (χ0) is 11.3. The first kappa shape index (κ1) is 11.1. The van der Waals surface area contributed by atoms with Gasteiger partial charge in [0.1, 0.15) is 0 Å². The van der Waals surface area contributed by atoms with Gasteiger partial charge in [0, 0.05) is 13.2 Å². The SMILES string of the molecule is CC.CNC(=O)c1nnc2cccnn12. The molecule has 0 unspecified atom stereocenters. The molecule has 0 aliphatic carbocycles. The number of carbonyl (C=O) groups excluding carboxylic acids is 1. The van der Waals surface area contributed by atoms with Crippen molar-refractivity contribution in [3.05, 3.63) is 24.2 Å². The Hall–Kier alpha value is -1.98. The van der Waals surface area contributed by atoms with Crippen LogP contribution in [0.5, 0.6) is 0 Å². The van der Waals surface area contributed by atoms with Gasteiger partial charge in [0.05, 0.1) is 0 Å². The van der Waals surface area contributed by atoms with E-state index >= 15 is 0 Å². The van der Waals surface area contributed by atoms with Crippen LogP contribution in [0.4, 0.5) is 0 Å². The van der Waals surface area contributed by atoms with Crippen molar-refractivity contribution in [1.82, 2.24) is 25.1 Å². The Morgan fingerprint density at radius 1 is 1.40 bits per heavy atom. The van der Waals surface area contributed by atoms with Crippen molar-refractivity contribution in [1.29, 1.82) is 0 Å². The minimum absolute atomic E-state index is 0.193. The van der Waals surface area contributed by atoms with Crippen LogP contribution < -0.4 is 5.32 Å². The fourth-order valence-electron chi connectivity index (χ4n) is 0.997. The molecule has 0 radical (unpaired) electrons. The zero-order valence-electron chi connectivity index (χ0n) is 8.93. The van der Waals surface area contributed by atoms with Gasteiger partial charge in [-0.05, 0) is 12.1 Å². The second kappa shape index (κ2) is 5.04. The van der Waals surface area contributed by atoms with Crippen LogP contribution in [0.2, 0.25) is 0 Å². The van der Waals surface area contributed by atoms with Gasteiger partial charge in [0.15, 0.2) is 5.65 Å². The Morgan fingerprint density at radius 2 is 2.13 bits per heavy atom. The fourth-order valence-corrected chi connectivity index (χ4v) is 0.997. The molecule has 1 N–H and O–H groups in total. The lowest BCUT2D eigenvalue weighted by atomic mass is 10.5. The van der Waals surface area contributed by atoms with Crippen LogP contribution in [0.3, 0.4) is 0 Å². The topological polar surface area (TPSA) is 72.2 Å². The van der Waals surface area contributed by atoms with Crippen LogP contribution in [-0.4, -0.2) is 32.8 Å². The number of nitrogens with zero attached hydrogens (tertiary/aromatic N) is 4. The van der Waals surface area contributed by atoms with E-state index in [1.165, 1.54) is 11.6 Å². The average Bonchev–Trinajstić information content (AvgIpc) is 2.74. The summed E-state index contributed by atoms with van der Waals surface area (Å²) < 4.78 is 1.39. The lowest BCUT2D eigenvalue weighted by molar-refractivity contribution is 0.0950. The van der Waals surface area contributed by atoms with E-state index in [-0.39, 0.29) is 11.7 Å². The number of hydrogen-bond donors (Lipinski definition) is 1. The van der Waals surface area contributed by atoms with Crippen molar-refractivity contribution in [2.75, 3.05) is 7.05 Å². The summed E-state index contributed by atoms with van der Waals surface area (Å²) in [6.07, 6.45) is 1.57. The van der Waals surface area contributed by atoms with Gasteiger partial charge in [-0.25, -0.2) is 0 Å². The van der Waals surface area contributed by atoms with E-state index in [1.807, 2.05) is 13.8 Å². The van der Waals surface area contributed by atoms with Gasteiger partial charge < -0.3 is 5.32 Å². The van der Waals surface area contributed by atoms with Gasteiger partial charge in [-0.15, -0.1) is 10.2 Å². The third-order valence-electron chi connectivity index (χ3n) is 1.61. The highest BCUT2D eigenvalue weighted by atomic mass is 16.2. The number of rotatable bonds is 1. The third-order valence-corrected chi connectivity index (χ3v) is 1.61. The number of fused-ring (bicyclic) bond motifs is 1. The number of aromatic nitrogens is 4. The molecular formula is C9H13N5O. The molecular weight excluding hydrogens is 194 g/mol. The smallest absolute Gasteiger partial charge is 0.290 e. The summed E-state index contributed by atoms with van der Waals surface area (Å²) in [6.45, 7) is 4.00. The minimum atomic E-state index is -0.300. The molecule has 0 spiro atoms. The van der Waals surface area contributed by atoms with E-state index in [0.29, 0.717) is 5.65 Å². The third kappa shape index (κ3) is 2.09. The Bertz CT molecular complexity index is 450. The molecule has 0 saturated carbocycles. The van der Waals surface area contributed by atoms with Crippen molar-refractivity contribution in [3.63, 3.8) is 0 Å². The Labute approximate surface area is 87.3 Å². The largest absolute Gasteiger partial charge is 0.352 e. The molecule has 15 heavy (non-hydrogen) atoms. The normalized spacial score (nSPS) is 9.27. The zero-order valence-corrected chi connectivity index (χ0v) is 8.93. The summed E-state index contributed by atoms with van der Waals surface area (Å²) in [4.78, 5) is 11.2. The van der Waals surface area contributed by atoms with Gasteiger partial charge in [-0.3, -0.25) is 4.79 Å².